The third kappa shape index (κ3) is 4.37. The van der Waals surface area contributed by atoms with Crippen LogP contribution in [-0.2, 0) is 17.6 Å². The molecule has 0 spiro atoms. The fraction of sp³-hybridized carbons (Fsp3) is 0.480. The van der Waals surface area contributed by atoms with Crippen LogP contribution in [0.5, 0.6) is 0 Å². The summed E-state index contributed by atoms with van der Waals surface area (Å²) in [6.45, 7) is 10.2. The van der Waals surface area contributed by atoms with Crippen LogP contribution in [0.2, 0.25) is 0 Å². The number of rotatable bonds is 6. The van der Waals surface area contributed by atoms with E-state index >= 15 is 0 Å². The lowest BCUT2D eigenvalue weighted by molar-refractivity contribution is -0.131. The SMILES string of the molecule is Cc1ccc(-n2c(SCC(=O)N(C(C)C)C(C)C)nc3sc4c(c3c2=O)CCCC4)cc1. The van der Waals surface area contributed by atoms with Crippen LogP contribution >= 0.6 is 23.1 Å². The van der Waals surface area contributed by atoms with Crippen LogP contribution in [0.25, 0.3) is 15.9 Å². The highest BCUT2D eigenvalue weighted by Gasteiger charge is 2.25. The van der Waals surface area contributed by atoms with E-state index in [9.17, 15) is 9.59 Å². The average molecular weight is 470 g/mol. The third-order valence-corrected chi connectivity index (χ3v) is 8.08. The first-order chi connectivity index (χ1) is 15.3. The Morgan fingerprint density at radius 1 is 1.12 bits per heavy atom. The summed E-state index contributed by atoms with van der Waals surface area (Å²) in [5.41, 5.74) is 3.11. The van der Waals surface area contributed by atoms with E-state index in [1.807, 2.05) is 63.8 Å². The van der Waals surface area contributed by atoms with Gasteiger partial charge in [0.15, 0.2) is 5.16 Å². The molecule has 7 heteroatoms. The van der Waals surface area contributed by atoms with Crippen molar-refractivity contribution in [2.24, 2.45) is 0 Å². The second-order valence-electron chi connectivity index (χ2n) is 9.04. The minimum atomic E-state index is -0.0159. The van der Waals surface area contributed by atoms with E-state index < -0.39 is 0 Å². The van der Waals surface area contributed by atoms with Crippen molar-refractivity contribution >= 4 is 39.2 Å². The number of thioether (sulfide) groups is 1. The van der Waals surface area contributed by atoms with Gasteiger partial charge < -0.3 is 4.90 Å². The lowest BCUT2D eigenvalue weighted by atomic mass is 9.97. The van der Waals surface area contributed by atoms with Gasteiger partial charge in [-0.3, -0.25) is 14.2 Å². The molecule has 0 atom stereocenters. The Kier molecular flexibility index (Phi) is 6.77. The summed E-state index contributed by atoms with van der Waals surface area (Å²) in [6, 6.07) is 8.19. The second kappa shape index (κ2) is 9.40. The number of carbonyl (C=O) groups is 1. The van der Waals surface area contributed by atoms with Crippen molar-refractivity contribution in [3.8, 4) is 5.69 Å². The molecule has 4 rings (SSSR count). The first kappa shape index (κ1) is 23.1. The van der Waals surface area contributed by atoms with Gasteiger partial charge in [-0.05, 0) is 78.0 Å². The molecule has 32 heavy (non-hydrogen) atoms. The van der Waals surface area contributed by atoms with E-state index in [1.54, 1.807) is 15.9 Å². The van der Waals surface area contributed by atoms with Crippen LogP contribution < -0.4 is 5.56 Å². The molecule has 0 unspecified atom stereocenters. The predicted octanol–water partition coefficient (Wildman–Crippen LogP) is 5.37. The van der Waals surface area contributed by atoms with E-state index in [4.69, 9.17) is 4.98 Å². The fourth-order valence-electron chi connectivity index (χ4n) is 4.58. The zero-order chi connectivity index (χ0) is 23.0. The zero-order valence-electron chi connectivity index (χ0n) is 19.5. The number of nitrogens with zero attached hydrogens (tertiary/aromatic N) is 3. The summed E-state index contributed by atoms with van der Waals surface area (Å²) >= 11 is 3.01. The number of hydrogen-bond acceptors (Lipinski definition) is 5. The van der Waals surface area contributed by atoms with Crippen LogP contribution in [0, 0.1) is 6.92 Å². The Morgan fingerprint density at radius 3 is 2.44 bits per heavy atom. The monoisotopic (exact) mass is 469 g/mol. The molecule has 170 valence electrons. The van der Waals surface area contributed by atoms with E-state index in [0.29, 0.717) is 5.16 Å². The number of amides is 1. The van der Waals surface area contributed by atoms with E-state index in [-0.39, 0.29) is 29.3 Å². The molecule has 1 amide bonds. The van der Waals surface area contributed by atoms with Gasteiger partial charge in [0.2, 0.25) is 5.91 Å². The van der Waals surface area contributed by atoms with E-state index in [1.165, 1.54) is 28.6 Å². The normalized spacial score (nSPS) is 13.7. The lowest BCUT2D eigenvalue weighted by Crippen LogP contribution is -2.43. The summed E-state index contributed by atoms with van der Waals surface area (Å²) in [5.74, 6) is 0.320. The Balaban J connectivity index is 1.80. The largest absolute Gasteiger partial charge is 0.337 e. The lowest BCUT2D eigenvalue weighted by Gasteiger charge is -2.30. The number of aromatic nitrogens is 2. The van der Waals surface area contributed by atoms with Crippen molar-refractivity contribution in [1.29, 1.82) is 0 Å². The molecule has 0 bridgehead atoms. The van der Waals surface area contributed by atoms with E-state index in [2.05, 4.69) is 0 Å². The molecule has 0 saturated carbocycles. The highest BCUT2D eigenvalue weighted by molar-refractivity contribution is 7.99. The molecule has 1 aliphatic rings. The van der Waals surface area contributed by atoms with Crippen molar-refractivity contribution in [3.63, 3.8) is 0 Å². The number of thiophene rings is 1. The Hall–Kier alpha value is -2.12. The third-order valence-electron chi connectivity index (χ3n) is 5.98. The Bertz CT molecular complexity index is 1180. The highest BCUT2D eigenvalue weighted by Crippen LogP contribution is 2.35. The maximum absolute atomic E-state index is 13.8. The second-order valence-corrected chi connectivity index (χ2v) is 11.1. The van der Waals surface area contributed by atoms with Crippen LogP contribution in [0.3, 0.4) is 0 Å². The molecule has 0 saturated heterocycles. The number of carbonyl (C=O) groups excluding carboxylic acids is 1. The summed E-state index contributed by atoms with van der Waals surface area (Å²) in [7, 11) is 0. The first-order valence-corrected chi connectivity index (χ1v) is 13.2. The molecule has 0 aliphatic heterocycles. The molecule has 1 aliphatic carbocycles. The van der Waals surface area contributed by atoms with Gasteiger partial charge in [0, 0.05) is 17.0 Å². The minimum absolute atomic E-state index is 0.0159. The molecular formula is C25H31N3O2S2. The topological polar surface area (TPSA) is 55.2 Å². The molecular weight excluding hydrogens is 438 g/mol. The van der Waals surface area contributed by atoms with Gasteiger partial charge in [0.25, 0.3) is 5.56 Å². The molecule has 3 aromatic rings. The van der Waals surface area contributed by atoms with Crippen LogP contribution in [0.15, 0.2) is 34.2 Å². The van der Waals surface area contributed by atoms with Gasteiger partial charge in [-0.25, -0.2) is 4.98 Å². The average Bonchev–Trinajstić information content (AvgIpc) is 3.11. The zero-order valence-corrected chi connectivity index (χ0v) is 21.1. The molecule has 5 nitrogen and oxygen atoms in total. The minimum Gasteiger partial charge on any atom is -0.337 e. The summed E-state index contributed by atoms with van der Waals surface area (Å²) < 4.78 is 1.70. The number of aryl methyl sites for hydroxylation is 3. The van der Waals surface area contributed by atoms with Gasteiger partial charge in [0.05, 0.1) is 16.8 Å². The van der Waals surface area contributed by atoms with Gasteiger partial charge in [-0.1, -0.05) is 29.5 Å². The standard InChI is InChI=1S/C25H31N3O2S2/c1-15(2)27(16(3)4)21(29)14-31-25-26-23-22(19-8-6-7-9-20(19)32-23)24(30)28(25)18-12-10-17(5)11-13-18/h10-13,15-16H,6-9,14H2,1-5H3. The molecule has 0 fully saturated rings. The highest BCUT2D eigenvalue weighted by atomic mass is 32.2. The van der Waals surface area contributed by atoms with Crippen molar-refractivity contribution in [2.75, 3.05) is 5.75 Å². The Labute approximate surface area is 197 Å². The number of hydrogen-bond donors (Lipinski definition) is 0. The van der Waals surface area contributed by atoms with Crippen LogP contribution in [0.1, 0.15) is 56.5 Å². The quantitative estimate of drug-likeness (QED) is 0.360. The molecule has 0 radical (unpaired) electrons. The summed E-state index contributed by atoms with van der Waals surface area (Å²) in [5, 5.41) is 1.36. The van der Waals surface area contributed by atoms with Gasteiger partial charge in [-0.15, -0.1) is 11.3 Å². The van der Waals surface area contributed by atoms with Crippen molar-refractivity contribution < 1.29 is 4.79 Å². The number of benzene rings is 1. The maximum atomic E-state index is 13.8. The molecule has 2 aromatic heterocycles. The van der Waals surface area contributed by atoms with E-state index in [0.717, 1.165) is 40.7 Å². The van der Waals surface area contributed by atoms with Crippen LogP contribution in [0.4, 0.5) is 0 Å². The van der Waals surface area contributed by atoms with Gasteiger partial charge in [-0.2, -0.15) is 0 Å². The molecule has 1 aromatic carbocycles. The molecule has 0 N–H and O–H groups in total. The van der Waals surface area contributed by atoms with Crippen molar-refractivity contribution in [3.05, 3.63) is 50.6 Å². The summed E-state index contributed by atoms with van der Waals surface area (Å²) in [6.07, 6.45) is 4.26. The molecule has 2 heterocycles. The first-order valence-electron chi connectivity index (χ1n) is 11.4. The van der Waals surface area contributed by atoms with Gasteiger partial charge in [0.1, 0.15) is 4.83 Å². The van der Waals surface area contributed by atoms with Crippen LogP contribution in [-0.4, -0.2) is 38.2 Å². The van der Waals surface area contributed by atoms with Gasteiger partial charge >= 0.3 is 0 Å². The van der Waals surface area contributed by atoms with Crippen molar-refractivity contribution in [1.82, 2.24) is 14.5 Å². The smallest absolute Gasteiger partial charge is 0.267 e. The maximum Gasteiger partial charge on any atom is 0.267 e. The van der Waals surface area contributed by atoms with Crippen molar-refractivity contribution in [2.45, 2.75) is 77.5 Å². The fourth-order valence-corrected chi connectivity index (χ4v) is 6.76. The Morgan fingerprint density at radius 2 is 1.78 bits per heavy atom. The predicted molar refractivity (Wildman–Crippen MR) is 134 cm³/mol. The number of fused-ring (bicyclic) bond motifs is 3. The summed E-state index contributed by atoms with van der Waals surface area (Å²) in [4.78, 5) is 35.7.